The molecule has 2 amide bonds. The van der Waals surface area contributed by atoms with Gasteiger partial charge in [0.25, 0.3) is 21.9 Å². The third-order valence-corrected chi connectivity index (χ3v) is 5.42. The molecule has 0 aliphatic rings. The first kappa shape index (κ1) is 23.8. The van der Waals surface area contributed by atoms with Gasteiger partial charge < -0.3 is 10.6 Å². The zero-order chi connectivity index (χ0) is 22.3. The van der Waals surface area contributed by atoms with Crippen molar-refractivity contribution in [3.05, 3.63) is 47.5 Å². The molecule has 0 saturated heterocycles. The normalized spacial score (nSPS) is 11.2. The molecule has 0 spiro atoms. The smallest absolute Gasteiger partial charge is 0.295 e. The lowest BCUT2D eigenvalue weighted by atomic mass is 10.0. The van der Waals surface area contributed by atoms with Crippen molar-refractivity contribution in [3.63, 3.8) is 0 Å². The Labute approximate surface area is 177 Å². The molecule has 10 nitrogen and oxygen atoms in total. The van der Waals surface area contributed by atoms with Crippen molar-refractivity contribution in [3.8, 4) is 11.1 Å². The Kier molecular flexibility index (Phi) is 8.34. The first-order valence-electron chi connectivity index (χ1n) is 8.70. The Morgan fingerprint density at radius 1 is 0.967 bits per heavy atom. The third kappa shape index (κ3) is 5.78. The molecule has 0 aliphatic heterocycles. The fraction of sp³-hybridized carbons (Fsp3) is 0.222. The van der Waals surface area contributed by atoms with E-state index in [9.17, 15) is 22.6 Å². The van der Waals surface area contributed by atoms with Gasteiger partial charge in [0.1, 0.15) is 4.90 Å². The van der Waals surface area contributed by atoms with Crippen LogP contribution in [0.5, 0.6) is 0 Å². The highest BCUT2D eigenvalue weighted by molar-refractivity contribution is 7.94. The molecule has 0 fully saturated rings. The van der Waals surface area contributed by atoms with Crippen LogP contribution in [0.25, 0.3) is 11.1 Å². The molecule has 0 saturated carbocycles. The number of hydrogen-bond acceptors (Lipinski definition) is 8. The minimum atomic E-state index is -4.71. The van der Waals surface area contributed by atoms with Gasteiger partial charge in [-0.05, 0) is 43.7 Å². The molecule has 0 aromatic heterocycles. The van der Waals surface area contributed by atoms with Crippen LogP contribution in [0.2, 0.25) is 0 Å². The maximum absolute atomic E-state index is 12.1. The van der Waals surface area contributed by atoms with Crippen molar-refractivity contribution in [1.29, 1.82) is 0 Å². The van der Waals surface area contributed by atoms with Crippen LogP contribution >= 0.6 is 12.0 Å². The van der Waals surface area contributed by atoms with Crippen molar-refractivity contribution < 1.29 is 37.2 Å². The van der Waals surface area contributed by atoms with Crippen LogP contribution in [0.15, 0.2) is 46.2 Å². The summed E-state index contributed by atoms with van der Waals surface area (Å²) in [5.74, 6) is -0.885. The van der Waals surface area contributed by atoms with Gasteiger partial charge >= 0.3 is 0 Å². The number of hydrogen-bond donors (Lipinski definition) is 4. The molecular weight excluding hydrogens is 436 g/mol. The van der Waals surface area contributed by atoms with Gasteiger partial charge in [-0.2, -0.15) is 8.42 Å². The van der Waals surface area contributed by atoms with Gasteiger partial charge in [-0.25, -0.2) is 5.26 Å². The third-order valence-electron chi connectivity index (χ3n) is 3.88. The van der Waals surface area contributed by atoms with Crippen molar-refractivity contribution in [2.24, 2.45) is 0 Å². The summed E-state index contributed by atoms with van der Waals surface area (Å²) >= 11 is 0.522. The Morgan fingerprint density at radius 2 is 1.50 bits per heavy atom. The van der Waals surface area contributed by atoms with Crippen LogP contribution in [0, 0.1) is 0 Å². The second-order valence-electron chi connectivity index (χ2n) is 5.84. The van der Waals surface area contributed by atoms with Gasteiger partial charge in [0.05, 0.1) is 12.0 Å². The first-order chi connectivity index (χ1) is 14.2. The van der Waals surface area contributed by atoms with Crippen molar-refractivity contribution in [2.45, 2.75) is 23.6 Å². The van der Waals surface area contributed by atoms with Gasteiger partial charge in [0.15, 0.2) is 0 Å². The average Bonchev–Trinajstić information content (AvgIpc) is 2.71. The standard InChI is InChI=1S/C18H20N2O8S2/c1-3-19-17(21)11-5-7-13(15(9-11)29-28-27-23)14-8-6-12(18(22)20-4-2)10-16(14)30(24,25)26/h5-10,23H,3-4H2,1-2H3,(H,19,21)(H,20,22)(H,24,25,26). The molecule has 30 heavy (non-hydrogen) atoms. The molecule has 2 aromatic carbocycles. The molecule has 0 radical (unpaired) electrons. The van der Waals surface area contributed by atoms with Crippen LogP contribution in [0.1, 0.15) is 34.6 Å². The summed E-state index contributed by atoms with van der Waals surface area (Å²) in [5.41, 5.74) is 0.588. The van der Waals surface area contributed by atoms with Crippen LogP contribution in [-0.2, 0) is 19.5 Å². The van der Waals surface area contributed by atoms with E-state index in [1.165, 1.54) is 30.3 Å². The molecule has 0 unspecified atom stereocenters. The highest BCUT2D eigenvalue weighted by Crippen LogP contribution is 2.37. The average molecular weight is 456 g/mol. The Balaban J connectivity index is 2.65. The summed E-state index contributed by atoms with van der Waals surface area (Å²) in [6.07, 6.45) is 0. The van der Waals surface area contributed by atoms with E-state index in [2.05, 4.69) is 20.0 Å². The predicted molar refractivity (Wildman–Crippen MR) is 108 cm³/mol. The molecular formula is C18H20N2O8S2. The Bertz CT molecular complexity index is 1040. The predicted octanol–water partition coefficient (Wildman–Crippen LogP) is 2.53. The monoisotopic (exact) mass is 456 g/mol. The van der Waals surface area contributed by atoms with E-state index in [1.54, 1.807) is 13.8 Å². The number of nitrogens with one attached hydrogen (secondary N) is 2. The minimum Gasteiger partial charge on any atom is -0.352 e. The second kappa shape index (κ2) is 10.5. The lowest BCUT2D eigenvalue weighted by Crippen LogP contribution is -2.23. The summed E-state index contributed by atoms with van der Waals surface area (Å²) in [4.78, 5) is 23.9. The minimum absolute atomic E-state index is 0.0383. The SMILES string of the molecule is CCNC(=O)c1ccc(-c2ccc(C(=O)NCC)cc2S(=O)(=O)O)c(SOOO)c1. The first-order valence-corrected chi connectivity index (χ1v) is 10.9. The van der Waals surface area contributed by atoms with Gasteiger partial charge in [-0.3, -0.25) is 14.1 Å². The Hall–Kier alpha value is -2.48. The summed E-state index contributed by atoms with van der Waals surface area (Å²) in [5, 5.41) is 17.2. The van der Waals surface area contributed by atoms with E-state index >= 15 is 0 Å². The molecule has 12 heteroatoms. The number of benzene rings is 2. The topological polar surface area (TPSA) is 151 Å². The van der Waals surface area contributed by atoms with Crippen molar-refractivity contribution in [1.82, 2.24) is 10.6 Å². The summed E-state index contributed by atoms with van der Waals surface area (Å²) < 4.78 is 38.2. The largest absolute Gasteiger partial charge is 0.352 e. The zero-order valence-corrected chi connectivity index (χ0v) is 17.7. The highest BCUT2D eigenvalue weighted by atomic mass is 32.2. The van der Waals surface area contributed by atoms with Gasteiger partial charge in [-0.1, -0.05) is 17.2 Å². The molecule has 0 aliphatic carbocycles. The fourth-order valence-corrected chi connectivity index (χ4v) is 3.91. The molecule has 0 atom stereocenters. The van der Waals surface area contributed by atoms with E-state index in [0.29, 0.717) is 25.1 Å². The summed E-state index contributed by atoms with van der Waals surface area (Å²) in [6, 6.07) is 8.09. The number of rotatable bonds is 9. The molecule has 0 bridgehead atoms. The van der Waals surface area contributed by atoms with Crippen molar-refractivity contribution >= 4 is 34.0 Å². The van der Waals surface area contributed by atoms with E-state index in [0.717, 1.165) is 6.07 Å². The maximum Gasteiger partial charge on any atom is 0.295 e. The maximum atomic E-state index is 12.1. The highest BCUT2D eigenvalue weighted by Gasteiger charge is 2.22. The van der Waals surface area contributed by atoms with Crippen LogP contribution in [-0.4, -0.2) is 43.1 Å². The van der Waals surface area contributed by atoms with Gasteiger partial charge in [0, 0.05) is 34.7 Å². The van der Waals surface area contributed by atoms with Crippen LogP contribution < -0.4 is 10.6 Å². The van der Waals surface area contributed by atoms with Gasteiger partial charge in [0.2, 0.25) is 0 Å². The fourth-order valence-electron chi connectivity index (χ4n) is 2.63. The van der Waals surface area contributed by atoms with Crippen molar-refractivity contribution in [2.75, 3.05) is 13.1 Å². The second-order valence-corrected chi connectivity index (χ2v) is 7.97. The molecule has 2 aromatic rings. The number of carbonyl (C=O) groups is 2. The summed E-state index contributed by atoms with van der Waals surface area (Å²) in [6.45, 7) is 4.19. The van der Waals surface area contributed by atoms with E-state index < -0.39 is 20.9 Å². The molecule has 0 heterocycles. The zero-order valence-electron chi connectivity index (χ0n) is 16.0. The lowest BCUT2D eigenvalue weighted by molar-refractivity contribution is -0.432. The van der Waals surface area contributed by atoms with Crippen LogP contribution in [0.4, 0.5) is 0 Å². The Morgan fingerprint density at radius 3 is 2.00 bits per heavy atom. The number of amides is 2. The van der Waals surface area contributed by atoms with E-state index in [1.807, 2.05) is 0 Å². The lowest BCUT2D eigenvalue weighted by Gasteiger charge is -2.14. The molecule has 162 valence electrons. The molecule has 4 N–H and O–H groups in total. The van der Waals surface area contributed by atoms with E-state index in [-0.39, 0.29) is 33.1 Å². The number of carbonyl (C=O) groups excluding carboxylic acids is 2. The van der Waals surface area contributed by atoms with E-state index in [4.69, 9.17) is 5.26 Å². The van der Waals surface area contributed by atoms with Gasteiger partial charge in [-0.15, -0.1) is 4.33 Å². The summed E-state index contributed by atoms with van der Waals surface area (Å²) in [7, 11) is -4.71. The quantitative estimate of drug-likeness (QED) is 0.193. The van der Waals surface area contributed by atoms with Crippen LogP contribution in [0.3, 0.4) is 0 Å². The molecule has 2 rings (SSSR count).